The van der Waals surface area contributed by atoms with E-state index in [9.17, 15) is 38.4 Å². The van der Waals surface area contributed by atoms with Crippen molar-refractivity contribution in [1.29, 1.82) is 0 Å². The molecule has 0 aromatic heterocycles. The zero-order chi connectivity index (χ0) is 22.8. The van der Waals surface area contributed by atoms with Crippen LogP contribution in [0.1, 0.15) is 13.3 Å². The molecule has 2 heterocycles. The van der Waals surface area contributed by atoms with E-state index in [1.54, 1.807) is 0 Å². The highest BCUT2D eigenvalue weighted by molar-refractivity contribution is 7.80. The molecule has 16 heteroatoms. The van der Waals surface area contributed by atoms with E-state index in [4.69, 9.17) is 23.9 Å². The Kier molecular flexibility index (Phi) is 8.08. The minimum absolute atomic E-state index is 0.480. The SMILES string of the molecule is CC(=O)N[C@@H]1[C@@H](O[C@@H]2O[C@H](C(=O)O)C[C@H](O)[C@H]2O)[C@@H](OS(=O)(=O)O)[C@@H](CO)O[C@H]1O. The van der Waals surface area contributed by atoms with E-state index < -0.39 is 90.5 Å². The lowest BCUT2D eigenvalue weighted by molar-refractivity contribution is -0.321. The Morgan fingerprint density at radius 2 is 1.80 bits per heavy atom. The monoisotopic (exact) mass is 461 g/mol. The number of nitrogens with one attached hydrogen (secondary N) is 1. The second-order valence-electron chi connectivity index (χ2n) is 6.69. The third kappa shape index (κ3) is 6.03. The van der Waals surface area contributed by atoms with E-state index in [0.717, 1.165) is 6.92 Å². The fourth-order valence-corrected chi connectivity index (χ4v) is 3.65. The minimum Gasteiger partial charge on any atom is -0.479 e. The summed E-state index contributed by atoms with van der Waals surface area (Å²) in [5, 5.41) is 50.9. The molecule has 9 atom stereocenters. The third-order valence-corrected chi connectivity index (χ3v) is 4.91. The molecule has 15 nitrogen and oxygen atoms in total. The second kappa shape index (κ2) is 9.77. The Hall–Kier alpha value is -1.47. The Morgan fingerprint density at radius 3 is 2.30 bits per heavy atom. The molecule has 0 bridgehead atoms. The first-order valence-corrected chi connectivity index (χ1v) is 9.97. The molecule has 0 aromatic rings. The smallest absolute Gasteiger partial charge is 0.397 e. The van der Waals surface area contributed by atoms with Crippen LogP contribution in [0.4, 0.5) is 0 Å². The van der Waals surface area contributed by atoms with Gasteiger partial charge < -0.3 is 45.1 Å². The van der Waals surface area contributed by atoms with Crippen LogP contribution in [0, 0.1) is 0 Å². The molecule has 2 fully saturated rings. The predicted octanol–water partition coefficient (Wildman–Crippen LogP) is -4.30. The van der Waals surface area contributed by atoms with Gasteiger partial charge in [-0.15, -0.1) is 0 Å². The van der Waals surface area contributed by atoms with Gasteiger partial charge in [0, 0.05) is 13.3 Å². The number of carbonyl (C=O) groups excluding carboxylic acids is 1. The second-order valence-corrected chi connectivity index (χ2v) is 7.74. The van der Waals surface area contributed by atoms with Crippen LogP contribution in [0.5, 0.6) is 0 Å². The molecule has 7 N–H and O–H groups in total. The lowest BCUT2D eigenvalue weighted by atomic mass is 9.96. The summed E-state index contributed by atoms with van der Waals surface area (Å²) in [7, 11) is -5.17. The highest BCUT2D eigenvalue weighted by Gasteiger charge is 2.52. The number of ether oxygens (including phenoxy) is 3. The number of aliphatic hydroxyl groups excluding tert-OH is 4. The number of aliphatic carboxylic acids is 1. The fraction of sp³-hybridized carbons (Fsp3) is 0.857. The van der Waals surface area contributed by atoms with Gasteiger partial charge in [0.15, 0.2) is 18.7 Å². The molecular formula is C14H23NO14S. The quantitative estimate of drug-likeness (QED) is 0.178. The molecule has 174 valence electrons. The van der Waals surface area contributed by atoms with Crippen molar-refractivity contribution in [2.45, 2.75) is 68.6 Å². The van der Waals surface area contributed by atoms with Gasteiger partial charge in [0.1, 0.15) is 30.5 Å². The Morgan fingerprint density at radius 1 is 1.17 bits per heavy atom. The number of carboxylic acids is 1. The molecule has 2 rings (SSSR count). The molecule has 0 aliphatic carbocycles. The van der Waals surface area contributed by atoms with Gasteiger partial charge in [0.25, 0.3) is 0 Å². The summed E-state index contributed by atoms with van der Waals surface area (Å²) in [6, 6.07) is -1.57. The van der Waals surface area contributed by atoms with Crippen molar-refractivity contribution in [1.82, 2.24) is 5.32 Å². The van der Waals surface area contributed by atoms with E-state index in [1.807, 2.05) is 0 Å². The number of hydrogen-bond donors (Lipinski definition) is 7. The van der Waals surface area contributed by atoms with Gasteiger partial charge in [0.2, 0.25) is 5.91 Å². The molecule has 0 saturated carbocycles. The van der Waals surface area contributed by atoms with Crippen molar-refractivity contribution in [3.63, 3.8) is 0 Å². The zero-order valence-corrected chi connectivity index (χ0v) is 16.3. The summed E-state index contributed by atoms with van der Waals surface area (Å²) < 4.78 is 51.5. The molecule has 2 aliphatic rings. The summed E-state index contributed by atoms with van der Waals surface area (Å²) >= 11 is 0. The van der Waals surface area contributed by atoms with Gasteiger partial charge in [-0.25, -0.2) is 8.98 Å². The maximum Gasteiger partial charge on any atom is 0.397 e. The van der Waals surface area contributed by atoms with Crippen molar-refractivity contribution >= 4 is 22.3 Å². The lowest BCUT2D eigenvalue weighted by Crippen LogP contribution is -2.67. The Bertz CT molecular complexity index is 730. The maximum atomic E-state index is 11.5. The molecule has 2 aliphatic heterocycles. The predicted molar refractivity (Wildman–Crippen MR) is 89.8 cm³/mol. The molecule has 1 amide bonds. The zero-order valence-electron chi connectivity index (χ0n) is 15.5. The summed E-state index contributed by atoms with van der Waals surface area (Å²) in [6.07, 6.45) is -14.5. The topological polar surface area (TPSA) is 239 Å². The molecule has 0 radical (unpaired) electrons. The van der Waals surface area contributed by atoms with Crippen LogP contribution in [0.25, 0.3) is 0 Å². The summed E-state index contributed by atoms with van der Waals surface area (Å²) in [5.74, 6) is -2.23. The first kappa shape index (κ1) is 24.8. The molecule has 30 heavy (non-hydrogen) atoms. The highest BCUT2D eigenvalue weighted by atomic mass is 32.3. The minimum atomic E-state index is -5.17. The van der Waals surface area contributed by atoms with E-state index in [2.05, 4.69) is 9.50 Å². The van der Waals surface area contributed by atoms with Gasteiger partial charge in [-0.2, -0.15) is 8.42 Å². The molecular weight excluding hydrogens is 438 g/mol. The normalized spacial score (nSPS) is 40.0. The number of amides is 1. The molecule has 0 unspecified atom stereocenters. The van der Waals surface area contributed by atoms with E-state index >= 15 is 0 Å². The van der Waals surface area contributed by atoms with Crippen molar-refractivity contribution in [3.8, 4) is 0 Å². The first-order valence-electron chi connectivity index (χ1n) is 8.61. The van der Waals surface area contributed by atoms with Crippen LogP contribution in [0.3, 0.4) is 0 Å². The fourth-order valence-electron chi connectivity index (χ4n) is 3.14. The van der Waals surface area contributed by atoms with Crippen LogP contribution in [-0.2, 0) is 38.4 Å². The summed E-state index contributed by atoms with van der Waals surface area (Å²) in [6.45, 7) is 0.106. The van der Waals surface area contributed by atoms with Gasteiger partial charge in [0.05, 0.1) is 12.7 Å². The van der Waals surface area contributed by atoms with Crippen LogP contribution in [0.15, 0.2) is 0 Å². The molecule has 0 spiro atoms. The van der Waals surface area contributed by atoms with Crippen molar-refractivity contribution in [3.05, 3.63) is 0 Å². The lowest BCUT2D eigenvalue weighted by Gasteiger charge is -2.46. The van der Waals surface area contributed by atoms with Crippen LogP contribution in [0.2, 0.25) is 0 Å². The van der Waals surface area contributed by atoms with Crippen LogP contribution in [-0.4, -0.2) is 112 Å². The largest absolute Gasteiger partial charge is 0.479 e. The van der Waals surface area contributed by atoms with E-state index in [0.29, 0.717) is 0 Å². The Balaban J connectivity index is 2.39. The van der Waals surface area contributed by atoms with Gasteiger partial charge >= 0.3 is 16.4 Å². The van der Waals surface area contributed by atoms with Gasteiger partial charge in [-0.3, -0.25) is 9.35 Å². The molecule has 2 saturated heterocycles. The van der Waals surface area contributed by atoms with Gasteiger partial charge in [-0.1, -0.05) is 0 Å². The summed E-state index contributed by atoms with van der Waals surface area (Å²) in [4.78, 5) is 22.7. The number of rotatable bonds is 7. The van der Waals surface area contributed by atoms with Crippen LogP contribution >= 0.6 is 0 Å². The van der Waals surface area contributed by atoms with Gasteiger partial charge in [-0.05, 0) is 0 Å². The Labute approximate surface area is 170 Å². The number of carboxylic acid groups (broad SMARTS) is 1. The van der Waals surface area contributed by atoms with Crippen molar-refractivity contribution in [2.75, 3.05) is 6.61 Å². The molecule has 0 aromatic carbocycles. The van der Waals surface area contributed by atoms with E-state index in [1.165, 1.54) is 0 Å². The van der Waals surface area contributed by atoms with Crippen molar-refractivity contribution < 1.29 is 66.5 Å². The van der Waals surface area contributed by atoms with Crippen molar-refractivity contribution in [2.24, 2.45) is 0 Å². The average molecular weight is 461 g/mol. The third-order valence-electron chi connectivity index (χ3n) is 4.44. The van der Waals surface area contributed by atoms with Crippen LogP contribution < -0.4 is 5.32 Å². The standard InChI is InChI=1S/C14H23NO14S/c1-4(17)15-8-11(10(29-30(23,24)25)7(3-16)26-13(8)22)28-14-9(19)5(18)2-6(27-14)12(20)21/h5-11,13-14,16,18-19,22H,2-3H2,1H3,(H,15,17)(H,20,21)(H,23,24,25)/t5-,6-,7+,8+,9+,10-,11+,13+,14-/m0/s1. The highest BCUT2D eigenvalue weighted by Crippen LogP contribution is 2.30. The van der Waals surface area contributed by atoms with E-state index in [-0.39, 0.29) is 0 Å². The number of carbonyl (C=O) groups is 2. The number of aliphatic hydroxyl groups is 4. The first-order chi connectivity index (χ1) is 13.8. The average Bonchev–Trinajstić information content (AvgIpc) is 2.61. The maximum absolute atomic E-state index is 11.5. The summed E-state index contributed by atoms with van der Waals surface area (Å²) in [5.41, 5.74) is 0. The number of hydrogen-bond acceptors (Lipinski definition) is 12.